The summed E-state index contributed by atoms with van der Waals surface area (Å²) in [5.41, 5.74) is 0. The Kier molecular flexibility index (Phi) is 4.77. The number of phenols is 1. The number of hydrogen-bond acceptors (Lipinski definition) is 4. The van der Waals surface area contributed by atoms with Gasteiger partial charge in [0.25, 0.3) is 0 Å². The third-order valence-electron chi connectivity index (χ3n) is 2.16. The maximum Gasteiger partial charge on any atom is 0.402 e. The molecule has 108 valence electrons. The van der Waals surface area contributed by atoms with E-state index in [-0.39, 0.29) is 10.1 Å². The van der Waals surface area contributed by atoms with Crippen LogP contribution in [-0.4, -0.2) is 48.8 Å². The van der Waals surface area contributed by atoms with Crippen LogP contribution in [0.1, 0.15) is 0 Å². The number of aliphatic hydroxyl groups excluding tert-OH is 1. The molecule has 0 saturated carbocycles. The minimum atomic E-state index is -4.72. The summed E-state index contributed by atoms with van der Waals surface area (Å²) in [6.45, 7) is -3.13. The van der Waals surface area contributed by atoms with Crippen LogP contribution in [0.5, 0.6) is 5.75 Å². The van der Waals surface area contributed by atoms with Crippen LogP contribution in [0.4, 0.5) is 13.2 Å². The highest BCUT2D eigenvalue weighted by atomic mass is 32.2. The lowest BCUT2D eigenvalue weighted by Gasteiger charge is -2.22. The Morgan fingerprint density at radius 3 is 2.37 bits per heavy atom. The number of rotatable bonds is 5. The monoisotopic (exact) mass is 299 g/mol. The first-order valence-electron chi connectivity index (χ1n) is 5.13. The molecule has 5 nitrogen and oxygen atoms in total. The lowest BCUT2D eigenvalue weighted by Crippen LogP contribution is -2.40. The Hall–Kier alpha value is -1.32. The molecule has 1 aromatic rings. The van der Waals surface area contributed by atoms with Crippen LogP contribution >= 0.6 is 0 Å². The molecule has 19 heavy (non-hydrogen) atoms. The maximum absolute atomic E-state index is 12.3. The molecule has 0 heterocycles. The van der Waals surface area contributed by atoms with Crippen molar-refractivity contribution in [2.75, 3.05) is 19.7 Å². The van der Waals surface area contributed by atoms with E-state index in [1.165, 1.54) is 12.1 Å². The van der Waals surface area contributed by atoms with Gasteiger partial charge in [-0.2, -0.15) is 17.5 Å². The maximum atomic E-state index is 12.3. The molecule has 0 aliphatic carbocycles. The van der Waals surface area contributed by atoms with Gasteiger partial charge in [0.05, 0.1) is 11.5 Å². The van der Waals surface area contributed by atoms with E-state index in [1.54, 1.807) is 0 Å². The van der Waals surface area contributed by atoms with Crippen LogP contribution < -0.4 is 0 Å². The van der Waals surface area contributed by atoms with E-state index in [9.17, 15) is 21.6 Å². The van der Waals surface area contributed by atoms with E-state index in [0.717, 1.165) is 12.1 Å². The molecule has 0 aliphatic heterocycles. The highest BCUT2D eigenvalue weighted by molar-refractivity contribution is 7.89. The molecular formula is C10H12F3NO4S. The molecule has 0 spiro atoms. The number of nitrogens with zero attached hydrogens (tertiary/aromatic N) is 1. The normalized spacial score (nSPS) is 12.9. The van der Waals surface area contributed by atoms with E-state index in [4.69, 9.17) is 10.2 Å². The number of halogens is 3. The Morgan fingerprint density at radius 2 is 1.89 bits per heavy atom. The van der Waals surface area contributed by atoms with Crippen LogP contribution in [0.3, 0.4) is 0 Å². The van der Waals surface area contributed by atoms with Gasteiger partial charge in [0.1, 0.15) is 12.3 Å². The summed E-state index contributed by atoms with van der Waals surface area (Å²) in [5, 5.41) is 17.8. The van der Waals surface area contributed by atoms with E-state index >= 15 is 0 Å². The quantitative estimate of drug-likeness (QED) is 0.848. The van der Waals surface area contributed by atoms with Gasteiger partial charge in [-0.25, -0.2) is 8.42 Å². The smallest absolute Gasteiger partial charge is 0.402 e. The van der Waals surface area contributed by atoms with Crippen molar-refractivity contribution < 1.29 is 31.8 Å². The number of alkyl halides is 3. The van der Waals surface area contributed by atoms with Crippen molar-refractivity contribution in [1.82, 2.24) is 4.31 Å². The van der Waals surface area contributed by atoms with Crippen molar-refractivity contribution in [2.45, 2.75) is 11.1 Å². The summed E-state index contributed by atoms with van der Waals surface area (Å²) in [6.07, 6.45) is -4.72. The average Bonchev–Trinajstić information content (AvgIpc) is 2.26. The molecule has 0 fully saturated rings. The van der Waals surface area contributed by atoms with E-state index < -0.39 is 40.8 Å². The Morgan fingerprint density at radius 1 is 1.26 bits per heavy atom. The number of benzene rings is 1. The first-order valence-corrected chi connectivity index (χ1v) is 6.57. The number of phenolic OH excluding ortho intramolecular Hbond substituents is 1. The molecule has 2 N–H and O–H groups in total. The lowest BCUT2D eigenvalue weighted by atomic mass is 10.3. The second kappa shape index (κ2) is 5.76. The summed E-state index contributed by atoms with van der Waals surface area (Å²) in [4.78, 5) is -0.467. The largest absolute Gasteiger partial charge is 0.508 e. The molecule has 0 atom stereocenters. The van der Waals surface area contributed by atoms with Crippen molar-refractivity contribution in [2.24, 2.45) is 0 Å². The van der Waals surface area contributed by atoms with E-state index in [2.05, 4.69) is 0 Å². The Labute approximate surface area is 107 Å². The molecule has 0 unspecified atom stereocenters. The zero-order valence-electron chi connectivity index (χ0n) is 9.63. The van der Waals surface area contributed by atoms with Crippen LogP contribution in [-0.2, 0) is 10.0 Å². The molecular weight excluding hydrogens is 287 g/mol. The summed E-state index contributed by atoms with van der Waals surface area (Å²) < 4.78 is 61.0. The van der Waals surface area contributed by atoms with Gasteiger partial charge in [0.2, 0.25) is 10.0 Å². The number of aromatic hydroxyl groups is 1. The second-order valence-corrected chi connectivity index (χ2v) is 5.61. The van der Waals surface area contributed by atoms with Crippen molar-refractivity contribution in [3.8, 4) is 5.75 Å². The van der Waals surface area contributed by atoms with Gasteiger partial charge in [-0.05, 0) is 18.2 Å². The molecule has 0 amide bonds. The second-order valence-electron chi connectivity index (χ2n) is 3.67. The first-order chi connectivity index (χ1) is 8.66. The zero-order valence-corrected chi connectivity index (χ0v) is 10.4. The summed E-state index contributed by atoms with van der Waals surface area (Å²) in [5.74, 6) is -0.378. The van der Waals surface area contributed by atoms with E-state index in [0.29, 0.717) is 0 Å². The highest BCUT2D eigenvalue weighted by Crippen LogP contribution is 2.24. The Balaban J connectivity index is 3.13. The predicted octanol–water partition coefficient (Wildman–Crippen LogP) is 0.938. The fraction of sp³-hybridized carbons (Fsp3) is 0.400. The van der Waals surface area contributed by atoms with Crippen molar-refractivity contribution in [3.05, 3.63) is 24.3 Å². The van der Waals surface area contributed by atoms with Crippen LogP contribution in [0.15, 0.2) is 29.2 Å². The molecule has 1 rings (SSSR count). The summed E-state index contributed by atoms with van der Waals surface area (Å²) in [7, 11) is -4.43. The molecule has 0 radical (unpaired) electrons. The van der Waals surface area contributed by atoms with Crippen LogP contribution in [0, 0.1) is 0 Å². The van der Waals surface area contributed by atoms with Gasteiger partial charge in [0, 0.05) is 6.54 Å². The standard InChI is InChI=1S/C10H12F3NO4S/c11-10(12,13)7-14(4-5-15)19(17,18)9-3-1-2-8(16)6-9/h1-3,6,15-16H,4-5,7H2. The molecule has 0 bridgehead atoms. The number of aliphatic hydroxyl groups is 1. The number of sulfonamides is 1. The summed E-state index contributed by atoms with van der Waals surface area (Å²) in [6, 6.07) is 4.30. The average molecular weight is 299 g/mol. The fourth-order valence-corrected chi connectivity index (χ4v) is 2.85. The van der Waals surface area contributed by atoms with Gasteiger partial charge in [-0.3, -0.25) is 0 Å². The highest BCUT2D eigenvalue weighted by Gasteiger charge is 2.36. The third-order valence-corrected chi connectivity index (χ3v) is 4.00. The van der Waals surface area contributed by atoms with Crippen LogP contribution in [0.25, 0.3) is 0 Å². The molecule has 1 aromatic carbocycles. The van der Waals surface area contributed by atoms with Gasteiger partial charge in [-0.15, -0.1) is 0 Å². The van der Waals surface area contributed by atoms with Crippen molar-refractivity contribution >= 4 is 10.0 Å². The van der Waals surface area contributed by atoms with E-state index in [1.807, 2.05) is 0 Å². The van der Waals surface area contributed by atoms with Crippen molar-refractivity contribution in [3.63, 3.8) is 0 Å². The minimum Gasteiger partial charge on any atom is -0.508 e. The molecule has 0 aliphatic rings. The summed E-state index contributed by atoms with van der Waals surface area (Å²) >= 11 is 0. The predicted molar refractivity (Wildman–Crippen MR) is 60.0 cm³/mol. The molecule has 9 heteroatoms. The third kappa shape index (κ3) is 4.37. The van der Waals surface area contributed by atoms with Gasteiger partial charge in [-0.1, -0.05) is 6.07 Å². The van der Waals surface area contributed by atoms with Crippen molar-refractivity contribution in [1.29, 1.82) is 0 Å². The SMILES string of the molecule is O=S(=O)(c1cccc(O)c1)N(CCO)CC(F)(F)F. The van der Waals surface area contributed by atoms with Gasteiger partial charge >= 0.3 is 6.18 Å². The number of hydrogen-bond donors (Lipinski definition) is 2. The fourth-order valence-electron chi connectivity index (χ4n) is 1.39. The van der Waals surface area contributed by atoms with Gasteiger partial charge in [0.15, 0.2) is 0 Å². The zero-order chi connectivity index (χ0) is 14.7. The topological polar surface area (TPSA) is 77.8 Å². The Bertz CT molecular complexity index is 530. The lowest BCUT2D eigenvalue weighted by molar-refractivity contribution is -0.136. The van der Waals surface area contributed by atoms with Crippen LogP contribution in [0.2, 0.25) is 0 Å². The molecule has 0 aromatic heterocycles. The minimum absolute atomic E-state index is 0.113. The van der Waals surface area contributed by atoms with Gasteiger partial charge < -0.3 is 10.2 Å². The first kappa shape index (κ1) is 15.7. The molecule has 0 saturated heterocycles.